The first-order valence-electron chi connectivity index (χ1n) is 9.17. The highest BCUT2D eigenvalue weighted by Crippen LogP contribution is 2.34. The summed E-state index contributed by atoms with van der Waals surface area (Å²) in [6.45, 7) is 6.75. The first-order chi connectivity index (χ1) is 11.3. The molecule has 6 nitrogen and oxygen atoms in total. The Morgan fingerprint density at radius 3 is 2.09 bits per heavy atom. The molecule has 0 amide bonds. The van der Waals surface area contributed by atoms with E-state index in [1.807, 2.05) is 0 Å². The predicted molar refractivity (Wildman–Crippen MR) is 84.8 cm³/mol. The van der Waals surface area contributed by atoms with Crippen LogP contribution in [0.1, 0.15) is 25.7 Å². The van der Waals surface area contributed by atoms with E-state index < -0.39 is 0 Å². The van der Waals surface area contributed by atoms with E-state index in [9.17, 15) is 0 Å². The highest BCUT2D eigenvalue weighted by Gasteiger charge is 2.43. The zero-order chi connectivity index (χ0) is 15.6. The highest BCUT2D eigenvalue weighted by molar-refractivity contribution is 4.86. The largest absolute Gasteiger partial charge is 0.383 e. The lowest BCUT2D eigenvalue weighted by molar-refractivity contribution is 0.0621. The smallest absolute Gasteiger partial charge is 0.136 e. The van der Waals surface area contributed by atoms with E-state index in [-0.39, 0.29) is 0 Å². The molecule has 3 heterocycles. The topological polar surface area (TPSA) is 53.3 Å². The van der Waals surface area contributed by atoms with Crippen LogP contribution in [-0.4, -0.2) is 81.7 Å². The van der Waals surface area contributed by atoms with Gasteiger partial charge in [0, 0.05) is 26.7 Å². The molecule has 0 spiro atoms. The monoisotopic (exact) mass is 326 g/mol. The number of epoxide rings is 3. The molecule has 23 heavy (non-hydrogen) atoms. The van der Waals surface area contributed by atoms with Crippen LogP contribution in [0.3, 0.4) is 0 Å². The molecular formula is C17H30N2O4. The minimum absolute atomic E-state index is 0.334. The summed E-state index contributed by atoms with van der Waals surface area (Å²) in [5.41, 5.74) is 0. The normalized spacial score (nSPS) is 39.0. The Labute approximate surface area is 139 Å². The molecule has 1 aliphatic carbocycles. The summed E-state index contributed by atoms with van der Waals surface area (Å²) in [6, 6.07) is 0. The van der Waals surface area contributed by atoms with Gasteiger partial charge in [-0.2, -0.15) is 0 Å². The second-order valence-electron chi connectivity index (χ2n) is 7.45. The van der Waals surface area contributed by atoms with Crippen LogP contribution in [0, 0.1) is 11.8 Å². The molecule has 132 valence electrons. The van der Waals surface area contributed by atoms with Gasteiger partial charge in [-0.3, -0.25) is 4.90 Å². The molecule has 0 radical (unpaired) electrons. The molecule has 4 fully saturated rings. The van der Waals surface area contributed by atoms with Gasteiger partial charge in [0.15, 0.2) is 0 Å². The third-order valence-electron chi connectivity index (χ3n) is 5.53. The third-order valence-corrected chi connectivity index (χ3v) is 5.53. The van der Waals surface area contributed by atoms with Crippen LogP contribution in [0.5, 0.6) is 0 Å². The third kappa shape index (κ3) is 4.65. The van der Waals surface area contributed by atoms with Gasteiger partial charge in [0.2, 0.25) is 0 Å². The van der Waals surface area contributed by atoms with Crippen molar-refractivity contribution in [2.75, 3.05) is 53.2 Å². The van der Waals surface area contributed by atoms with Crippen molar-refractivity contribution in [2.45, 2.75) is 44.4 Å². The Morgan fingerprint density at radius 2 is 1.52 bits per heavy atom. The average molecular weight is 326 g/mol. The highest BCUT2D eigenvalue weighted by atomic mass is 16.6. The lowest BCUT2D eigenvalue weighted by atomic mass is 9.81. The summed E-state index contributed by atoms with van der Waals surface area (Å²) in [6.07, 6.45) is 6.40. The predicted octanol–water partition coefficient (Wildman–Crippen LogP) is 1.11. The maximum atomic E-state index is 5.51. The average Bonchev–Trinajstić information content (AvgIpc) is 3.40. The quantitative estimate of drug-likeness (QED) is 0.561. The molecule has 3 saturated heterocycles. The van der Waals surface area contributed by atoms with Crippen LogP contribution in [0.2, 0.25) is 0 Å². The molecule has 5 unspecified atom stereocenters. The minimum Gasteiger partial charge on any atom is -0.383 e. The van der Waals surface area contributed by atoms with Crippen molar-refractivity contribution in [2.24, 2.45) is 11.8 Å². The van der Waals surface area contributed by atoms with Crippen LogP contribution in [0.25, 0.3) is 0 Å². The maximum absolute atomic E-state index is 5.51. The zero-order valence-corrected chi connectivity index (χ0v) is 14.2. The Hall–Kier alpha value is -0.240. The van der Waals surface area contributed by atoms with Crippen molar-refractivity contribution >= 4 is 0 Å². The van der Waals surface area contributed by atoms with Gasteiger partial charge in [-0.05, 0) is 31.1 Å². The number of methoxy groups -OCH3 is 1. The van der Waals surface area contributed by atoms with E-state index in [0.29, 0.717) is 18.7 Å². The van der Waals surface area contributed by atoms with Gasteiger partial charge in [0.05, 0.1) is 26.4 Å². The molecule has 1 saturated carbocycles. The summed E-state index contributed by atoms with van der Waals surface area (Å²) in [7, 11) is 1.77. The first kappa shape index (κ1) is 16.2. The molecule has 0 aromatic heterocycles. The Morgan fingerprint density at radius 1 is 0.913 bits per heavy atom. The van der Waals surface area contributed by atoms with Gasteiger partial charge in [-0.25, -0.2) is 4.90 Å². The van der Waals surface area contributed by atoms with Gasteiger partial charge in [0.25, 0.3) is 0 Å². The van der Waals surface area contributed by atoms with Crippen molar-refractivity contribution in [3.63, 3.8) is 0 Å². The molecule has 6 heteroatoms. The molecule has 0 aromatic carbocycles. The van der Waals surface area contributed by atoms with Gasteiger partial charge >= 0.3 is 0 Å². The second kappa shape index (κ2) is 7.33. The number of ether oxygens (including phenoxy) is 4. The molecule has 5 atom stereocenters. The van der Waals surface area contributed by atoms with E-state index in [1.54, 1.807) is 7.11 Å². The van der Waals surface area contributed by atoms with Crippen molar-refractivity contribution in [3.8, 4) is 0 Å². The van der Waals surface area contributed by atoms with Crippen molar-refractivity contribution in [1.82, 2.24) is 9.80 Å². The van der Waals surface area contributed by atoms with Gasteiger partial charge < -0.3 is 18.9 Å². The second-order valence-corrected chi connectivity index (χ2v) is 7.45. The fraction of sp³-hybridized carbons (Fsp3) is 1.00. The molecule has 0 aromatic rings. The summed E-state index contributed by atoms with van der Waals surface area (Å²) in [5, 5.41) is 0. The lowest BCUT2D eigenvalue weighted by Crippen LogP contribution is -2.40. The van der Waals surface area contributed by atoms with Crippen LogP contribution >= 0.6 is 0 Å². The van der Waals surface area contributed by atoms with Crippen LogP contribution in [-0.2, 0) is 18.9 Å². The molecule has 3 aliphatic heterocycles. The van der Waals surface area contributed by atoms with E-state index in [4.69, 9.17) is 18.9 Å². The minimum atomic E-state index is 0.334. The number of rotatable bonds is 10. The Bertz CT molecular complexity index is 373. The molecular weight excluding hydrogens is 296 g/mol. The first-order valence-corrected chi connectivity index (χ1v) is 9.17. The fourth-order valence-electron chi connectivity index (χ4n) is 4.07. The molecule has 0 N–H and O–H groups in total. The molecule has 4 aliphatic rings. The number of hydrogen-bond donors (Lipinski definition) is 0. The van der Waals surface area contributed by atoms with E-state index in [0.717, 1.165) is 57.9 Å². The van der Waals surface area contributed by atoms with Crippen molar-refractivity contribution in [1.29, 1.82) is 0 Å². The van der Waals surface area contributed by atoms with E-state index in [2.05, 4.69) is 9.80 Å². The Kier molecular flexibility index (Phi) is 5.18. The SMILES string of the molecule is COCCN(CC1CCCC(CN(C2CO2)C2CO2)C1)C1CO1. The van der Waals surface area contributed by atoms with Gasteiger partial charge in [-0.1, -0.05) is 6.42 Å². The summed E-state index contributed by atoms with van der Waals surface area (Å²) < 4.78 is 21.7. The van der Waals surface area contributed by atoms with Gasteiger partial charge in [0.1, 0.15) is 18.7 Å². The van der Waals surface area contributed by atoms with Gasteiger partial charge in [-0.15, -0.1) is 0 Å². The van der Waals surface area contributed by atoms with E-state index in [1.165, 1.54) is 25.7 Å². The Balaban J connectivity index is 1.26. The fourth-order valence-corrected chi connectivity index (χ4v) is 4.07. The lowest BCUT2D eigenvalue weighted by Gasteiger charge is -2.34. The summed E-state index contributed by atoms with van der Waals surface area (Å²) in [4.78, 5) is 4.92. The van der Waals surface area contributed by atoms with E-state index >= 15 is 0 Å². The number of nitrogens with zero attached hydrogens (tertiary/aromatic N) is 2. The van der Waals surface area contributed by atoms with Crippen LogP contribution < -0.4 is 0 Å². The maximum Gasteiger partial charge on any atom is 0.136 e. The molecule has 0 bridgehead atoms. The zero-order valence-electron chi connectivity index (χ0n) is 14.2. The number of hydrogen-bond acceptors (Lipinski definition) is 6. The van der Waals surface area contributed by atoms with Crippen molar-refractivity contribution in [3.05, 3.63) is 0 Å². The summed E-state index contributed by atoms with van der Waals surface area (Å²) in [5.74, 6) is 1.57. The standard InChI is InChI=1S/C17H30N2O4/c1-20-6-5-18(15-10-21-15)8-13-3-2-4-14(7-13)9-19(16-11-22-16)17-12-23-17/h13-17H,2-12H2,1H3. The molecule has 4 rings (SSSR count). The van der Waals surface area contributed by atoms with Crippen LogP contribution in [0.15, 0.2) is 0 Å². The van der Waals surface area contributed by atoms with Crippen molar-refractivity contribution < 1.29 is 18.9 Å². The summed E-state index contributed by atoms with van der Waals surface area (Å²) >= 11 is 0. The van der Waals surface area contributed by atoms with Crippen LogP contribution in [0.4, 0.5) is 0 Å².